The van der Waals surface area contributed by atoms with E-state index in [0.717, 1.165) is 11.3 Å². The first-order chi connectivity index (χ1) is 12.6. The highest BCUT2D eigenvalue weighted by atomic mass is 19.1. The van der Waals surface area contributed by atoms with Gasteiger partial charge in [-0.2, -0.15) is 10.1 Å². The van der Waals surface area contributed by atoms with Crippen molar-refractivity contribution in [1.82, 2.24) is 14.8 Å². The number of hydrogen-bond acceptors (Lipinski definition) is 4. The number of hydrogen-bond donors (Lipinski definition) is 2. The Hall–Kier alpha value is -3.22. The summed E-state index contributed by atoms with van der Waals surface area (Å²) in [5.74, 6) is -0.308. The molecule has 7 heteroatoms. The van der Waals surface area contributed by atoms with Gasteiger partial charge in [-0.15, -0.1) is 0 Å². The summed E-state index contributed by atoms with van der Waals surface area (Å²) in [6.07, 6.45) is 1.45. The third kappa shape index (κ3) is 2.92. The van der Waals surface area contributed by atoms with E-state index in [1.54, 1.807) is 16.8 Å². The Morgan fingerprint density at radius 2 is 1.88 bits per heavy atom. The van der Waals surface area contributed by atoms with E-state index in [1.807, 2.05) is 37.3 Å². The maximum Gasteiger partial charge on any atom is 0.232 e. The fourth-order valence-electron chi connectivity index (χ4n) is 3.40. The Bertz CT molecular complexity index is 909. The number of para-hydroxylation sites is 1. The number of carbonyl (C=O) groups excluding carboxylic acids is 1. The molecule has 1 aliphatic heterocycles. The number of rotatable bonds is 3. The molecule has 1 aromatic heterocycles. The predicted molar refractivity (Wildman–Crippen MR) is 96.2 cm³/mol. The van der Waals surface area contributed by atoms with Crippen LogP contribution in [0.25, 0.3) is 0 Å². The van der Waals surface area contributed by atoms with Crippen molar-refractivity contribution in [2.75, 3.05) is 10.6 Å². The number of halogens is 1. The number of carbonyl (C=O) groups is 1. The lowest BCUT2D eigenvalue weighted by Crippen LogP contribution is -2.46. The van der Waals surface area contributed by atoms with Crippen molar-refractivity contribution in [3.8, 4) is 0 Å². The van der Waals surface area contributed by atoms with Crippen molar-refractivity contribution >= 4 is 17.5 Å². The molecular weight excluding hydrogens is 333 g/mol. The van der Waals surface area contributed by atoms with Gasteiger partial charge in [-0.3, -0.25) is 4.79 Å². The zero-order valence-corrected chi connectivity index (χ0v) is 14.1. The maximum atomic E-state index is 13.4. The van der Waals surface area contributed by atoms with Gasteiger partial charge in [0.15, 0.2) is 0 Å². The van der Waals surface area contributed by atoms with E-state index >= 15 is 0 Å². The van der Waals surface area contributed by atoms with Crippen molar-refractivity contribution in [3.63, 3.8) is 0 Å². The molecule has 2 N–H and O–H groups in total. The second kappa shape index (κ2) is 6.59. The second-order valence-corrected chi connectivity index (χ2v) is 6.34. The van der Waals surface area contributed by atoms with Crippen LogP contribution in [0.1, 0.15) is 18.5 Å². The van der Waals surface area contributed by atoms with Crippen molar-refractivity contribution in [2.45, 2.75) is 19.0 Å². The molecule has 0 unspecified atom stereocenters. The molecule has 6 nitrogen and oxygen atoms in total. The van der Waals surface area contributed by atoms with Gasteiger partial charge in [0.1, 0.15) is 12.1 Å². The van der Waals surface area contributed by atoms with E-state index in [0.29, 0.717) is 5.95 Å². The summed E-state index contributed by atoms with van der Waals surface area (Å²) in [7, 11) is 0. The van der Waals surface area contributed by atoms with E-state index in [-0.39, 0.29) is 23.8 Å². The van der Waals surface area contributed by atoms with Crippen LogP contribution in [0.4, 0.5) is 16.0 Å². The summed E-state index contributed by atoms with van der Waals surface area (Å²) in [5, 5.41) is 10.5. The standard InChI is InChI=1S/C19H18FN5O/c1-12-16(18(26)24-15-5-3-2-4-6-15)17(13-7-9-14(20)10-8-13)25-19(23-12)21-11-22-25/h2-12,16-17H,1H3,(H,24,26)(H,21,22,23)/t12-,16+,17+/m1/s1. The molecule has 132 valence electrons. The van der Waals surface area contributed by atoms with Gasteiger partial charge in [0, 0.05) is 11.7 Å². The average molecular weight is 351 g/mol. The predicted octanol–water partition coefficient (Wildman–Crippen LogP) is 3.08. The summed E-state index contributed by atoms with van der Waals surface area (Å²) in [6, 6.07) is 14.9. The minimum Gasteiger partial charge on any atom is -0.351 e. The van der Waals surface area contributed by atoms with Crippen molar-refractivity contribution in [1.29, 1.82) is 0 Å². The zero-order valence-electron chi connectivity index (χ0n) is 14.1. The molecule has 1 aliphatic rings. The van der Waals surface area contributed by atoms with Gasteiger partial charge in [0.2, 0.25) is 11.9 Å². The van der Waals surface area contributed by atoms with Crippen LogP contribution < -0.4 is 10.6 Å². The first kappa shape index (κ1) is 16.3. The Morgan fingerprint density at radius 3 is 2.62 bits per heavy atom. The van der Waals surface area contributed by atoms with Gasteiger partial charge in [-0.05, 0) is 36.8 Å². The summed E-state index contributed by atoms with van der Waals surface area (Å²) in [4.78, 5) is 17.3. The molecule has 0 saturated carbocycles. The number of amides is 1. The topological polar surface area (TPSA) is 71.8 Å². The molecule has 0 spiro atoms. The lowest BCUT2D eigenvalue weighted by Gasteiger charge is -2.36. The third-order valence-corrected chi connectivity index (χ3v) is 4.63. The van der Waals surface area contributed by atoms with E-state index in [1.165, 1.54) is 18.5 Å². The summed E-state index contributed by atoms with van der Waals surface area (Å²) in [5.41, 5.74) is 1.53. The first-order valence-electron chi connectivity index (χ1n) is 8.41. The van der Waals surface area contributed by atoms with Gasteiger partial charge < -0.3 is 10.6 Å². The van der Waals surface area contributed by atoms with Crippen molar-refractivity contribution < 1.29 is 9.18 Å². The Kier molecular flexibility index (Phi) is 4.12. The van der Waals surface area contributed by atoms with Crippen LogP contribution in [0, 0.1) is 11.7 Å². The van der Waals surface area contributed by atoms with Gasteiger partial charge >= 0.3 is 0 Å². The van der Waals surface area contributed by atoms with Gasteiger partial charge in [-0.25, -0.2) is 9.07 Å². The molecule has 4 rings (SSSR count). The minimum absolute atomic E-state index is 0.133. The van der Waals surface area contributed by atoms with E-state index < -0.39 is 5.92 Å². The fourth-order valence-corrected chi connectivity index (χ4v) is 3.40. The molecule has 0 aliphatic carbocycles. The SMILES string of the molecule is C[C@H]1Nc2ncnn2[C@@H](c2ccc(F)cc2)[C@H]1C(=O)Nc1ccccc1. The van der Waals surface area contributed by atoms with E-state index in [2.05, 4.69) is 20.7 Å². The number of benzene rings is 2. The summed E-state index contributed by atoms with van der Waals surface area (Å²) in [6.45, 7) is 1.93. The van der Waals surface area contributed by atoms with E-state index in [9.17, 15) is 9.18 Å². The van der Waals surface area contributed by atoms with Crippen molar-refractivity contribution in [2.24, 2.45) is 5.92 Å². The van der Waals surface area contributed by atoms with Gasteiger partial charge in [0.05, 0.1) is 12.0 Å². The molecular formula is C19H18FN5O. The summed E-state index contributed by atoms with van der Waals surface area (Å²) >= 11 is 0. The molecule has 0 saturated heterocycles. The molecule has 2 heterocycles. The Balaban J connectivity index is 1.73. The minimum atomic E-state index is -0.449. The highest BCUT2D eigenvalue weighted by Crippen LogP contribution is 2.36. The normalized spacial score (nSPS) is 21.5. The molecule has 0 bridgehead atoms. The van der Waals surface area contributed by atoms with Crippen molar-refractivity contribution in [3.05, 3.63) is 72.3 Å². The van der Waals surface area contributed by atoms with Crippen LogP contribution in [0.5, 0.6) is 0 Å². The number of aromatic nitrogens is 3. The molecule has 3 atom stereocenters. The Labute approximate surface area is 150 Å². The fraction of sp³-hybridized carbons (Fsp3) is 0.211. The van der Waals surface area contributed by atoms with Crippen LogP contribution in [-0.4, -0.2) is 26.7 Å². The van der Waals surface area contributed by atoms with Crippen LogP contribution in [0.3, 0.4) is 0 Å². The monoisotopic (exact) mass is 351 g/mol. The first-order valence-corrected chi connectivity index (χ1v) is 8.41. The molecule has 0 fully saturated rings. The van der Waals surface area contributed by atoms with E-state index in [4.69, 9.17) is 0 Å². The zero-order chi connectivity index (χ0) is 18.1. The largest absolute Gasteiger partial charge is 0.351 e. The van der Waals surface area contributed by atoms with Gasteiger partial charge in [-0.1, -0.05) is 30.3 Å². The maximum absolute atomic E-state index is 13.4. The van der Waals surface area contributed by atoms with Crippen LogP contribution in [-0.2, 0) is 4.79 Å². The quantitative estimate of drug-likeness (QED) is 0.761. The average Bonchev–Trinajstić information content (AvgIpc) is 3.10. The highest BCUT2D eigenvalue weighted by Gasteiger charge is 2.41. The number of nitrogens with zero attached hydrogens (tertiary/aromatic N) is 3. The molecule has 26 heavy (non-hydrogen) atoms. The second-order valence-electron chi connectivity index (χ2n) is 6.34. The molecule has 3 aromatic rings. The van der Waals surface area contributed by atoms with Crippen LogP contribution >= 0.6 is 0 Å². The number of anilines is 2. The number of fused-ring (bicyclic) bond motifs is 1. The van der Waals surface area contributed by atoms with Gasteiger partial charge in [0.25, 0.3) is 0 Å². The smallest absolute Gasteiger partial charge is 0.232 e. The lowest BCUT2D eigenvalue weighted by atomic mass is 9.85. The summed E-state index contributed by atoms with van der Waals surface area (Å²) < 4.78 is 15.1. The lowest BCUT2D eigenvalue weighted by molar-refractivity contribution is -0.121. The third-order valence-electron chi connectivity index (χ3n) is 4.63. The highest BCUT2D eigenvalue weighted by molar-refractivity contribution is 5.94. The molecule has 2 aromatic carbocycles. The molecule has 0 radical (unpaired) electrons. The Morgan fingerprint density at radius 1 is 1.15 bits per heavy atom. The van der Waals surface area contributed by atoms with Crippen LogP contribution in [0.15, 0.2) is 60.9 Å². The van der Waals surface area contributed by atoms with Crippen LogP contribution in [0.2, 0.25) is 0 Å². The number of nitrogens with one attached hydrogen (secondary N) is 2. The molecule has 1 amide bonds.